The lowest BCUT2D eigenvalue weighted by Crippen LogP contribution is -2.35. The molecule has 110 valence electrons. The summed E-state index contributed by atoms with van der Waals surface area (Å²) in [5.74, 6) is -0.465. The normalized spacial score (nSPS) is 17.8. The van der Waals surface area contributed by atoms with Crippen LogP contribution >= 0.6 is 0 Å². The summed E-state index contributed by atoms with van der Waals surface area (Å²) in [7, 11) is -3.72. The van der Waals surface area contributed by atoms with Gasteiger partial charge in [0, 0.05) is 11.7 Å². The van der Waals surface area contributed by atoms with E-state index < -0.39 is 15.8 Å². The van der Waals surface area contributed by atoms with Gasteiger partial charge in [0.15, 0.2) is 0 Å². The number of rotatable bonds is 2. The van der Waals surface area contributed by atoms with Crippen molar-refractivity contribution in [2.75, 3.05) is 10.0 Å². The Morgan fingerprint density at radius 3 is 2.52 bits per heavy atom. The van der Waals surface area contributed by atoms with Crippen LogP contribution in [0, 0.1) is 5.82 Å². The van der Waals surface area contributed by atoms with E-state index in [1.165, 1.54) is 16.4 Å². The number of halogens is 1. The molecular weight excluding hydrogens is 291 g/mol. The van der Waals surface area contributed by atoms with E-state index in [-0.39, 0.29) is 10.9 Å². The smallest absolute Gasteiger partial charge is 0.264 e. The third kappa shape index (κ3) is 2.25. The first-order valence-corrected chi connectivity index (χ1v) is 8.02. The molecule has 6 heteroatoms. The summed E-state index contributed by atoms with van der Waals surface area (Å²) in [6.07, 6.45) is 0.635. The molecule has 0 aromatic heterocycles. The molecule has 21 heavy (non-hydrogen) atoms. The van der Waals surface area contributed by atoms with Crippen molar-refractivity contribution >= 4 is 21.4 Å². The van der Waals surface area contributed by atoms with Gasteiger partial charge in [-0.2, -0.15) is 0 Å². The van der Waals surface area contributed by atoms with E-state index in [1.54, 1.807) is 12.1 Å². The van der Waals surface area contributed by atoms with E-state index in [9.17, 15) is 12.8 Å². The molecule has 2 aromatic carbocycles. The summed E-state index contributed by atoms with van der Waals surface area (Å²) >= 11 is 0. The first kappa shape index (κ1) is 13.9. The van der Waals surface area contributed by atoms with Gasteiger partial charge in [0.25, 0.3) is 10.0 Å². The van der Waals surface area contributed by atoms with Gasteiger partial charge in [-0.1, -0.05) is 6.07 Å². The van der Waals surface area contributed by atoms with Gasteiger partial charge in [-0.3, -0.25) is 4.31 Å². The van der Waals surface area contributed by atoms with Gasteiger partial charge in [-0.15, -0.1) is 0 Å². The van der Waals surface area contributed by atoms with Gasteiger partial charge in [0.05, 0.1) is 10.6 Å². The molecule has 1 atom stereocenters. The molecule has 1 aliphatic heterocycles. The Kier molecular flexibility index (Phi) is 3.13. The summed E-state index contributed by atoms with van der Waals surface area (Å²) in [4.78, 5) is 0.0750. The molecule has 3 rings (SSSR count). The number of nitrogens with zero attached hydrogens (tertiary/aromatic N) is 1. The maximum atomic E-state index is 13.0. The van der Waals surface area contributed by atoms with Crippen LogP contribution in [0.1, 0.15) is 12.5 Å². The Morgan fingerprint density at radius 1 is 1.19 bits per heavy atom. The molecule has 2 aromatic rings. The van der Waals surface area contributed by atoms with E-state index in [0.29, 0.717) is 17.8 Å². The minimum Gasteiger partial charge on any atom is -0.399 e. The maximum absolute atomic E-state index is 13.0. The van der Waals surface area contributed by atoms with E-state index in [2.05, 4.69) is 0 Å². The Bertz CT molecular complexity index is 788. The lowest BCUT2D eigenvalue weighted by atomic mass is 10.1. The second-order valence-electron chi connectivity index (χ2n) is 5.20. The van der Waals surface area contributed by atoms with Crippen molar-refractivity contribution in [3.63, 3.8) is 0 Å². The van der Waals surface area contributed by atoms with E-state index in [4.69, 9.17) is 5.73 Å². The Morgan fingerprint density at radius 2 is 1.86 bits per heavy atom. The molecule has 1 heterocycles. The van der Waals surface area contributed by atoms with Crippen molar-refractivity contribution in [2.45, 2.75) is 24.3 Å². The van der Waals surface area contributed by atoms with Crippen LogP contribution < -0.4 is 10.0 Å². The summed E-state index contributed by atoms with van der Waals surface area (Å²) in [5.41, 5.74) is 7.84. The number of hydrogen-bond acceptors (Lipinski definition) is 3. The SMILES string of the molecule is CC1Cc2ccc(N)cc2N1S(=O)(=O)c1ccc(F)cc1. The van der Waals surface area contributed by atoms with Crippen molar-refractivity contribution in [3.8, 4) is 0 Å². The molecule has 1 unspecified atom stereocenters. The van der Waals surface area contributed by atoms with Gasteiger partial charge >= 0.3 is 0 Å². The van der Waals surface area contributed by atoms with Gasteiger partial charge in [0.1, 0.15) is 5.82 Å². The highest BCUT2D eigenvalue weighted by atomic mass is 32.2. The van der Waals surface area contributed by atoms with Gasteiger partial charge < -0.3 is 5.73 Å². The third-order valence-corrected chi connectivity index (χ3v) is 5.58. The van der Waals surface area contributed by atoms with Gasteiger partial charge in [-0.25, -0.2) is 12.8 Å². The number of fused-ring (bicyclic) bond motifs is 1. The number of benzene rings is 2. The standard InChI is InChI=1S/C15H15FN2O2S/c1-10-8-11-2-5-13(17)9-15(11)18(10)21(19,20)14-6-3-12(16)4-7-14/h2-7,9-10H,8,17H2,1H3. The van der Waals surface area contributed by atoms with E-state index in [0.717, 1.165) is 17.7 Å². The molecule has 0 spiro atoms. The lowest BCUT2D eigenvalue weighted by Gasteiger charge is -2.24. The molecule has 0 saturated carbocycles. The number of hydrogen-bond donors (Lipinski definition) is 1. The van der Waals surface area contributed by atoms with Crippen LogP contribution in [0.15, 0.2) is 47.4 Å². The highest BCUT2D eigenvalue weighted by molar-refractivity contribution is 7.92. The van der Waals surface area contributed by atoms with Crippen LogP contribution in [0.25, 0.3) is 0 Å². The van der Waals surface area contributed by atoms with Crippen LogP contribution in [0.5, 0.6) is 0 Å². The van der Waals surface area contributed by atoms with E-state index >= 15 is 0 Å². The van der Waals surface area contributed by atoms with Crippen molar-refractivity contribution < 1.29 is 12.8 Å². The number of sulfonamides is 1. The Labute approximate surface area is 123 Å². The highest BCUT2D eigenvalue weighted by Crippen LogP contribution is 2.37. The predicted octanol–water partition coefficient (Wildman–Crippen LogP) is 2.55. The first-order chi connectivity index (χ1) is 9.89. The van der Waals surface area contributed by atoms with Crippen LogP contribution in [0.3, 0.4) is 0 Å². The van der Waals surface area contributed by atoms with Crippen LogP contribution in [-0.4, -0.2) is 14.5 Å². The zero-order chi connectivity index (χ0) is 15.2. The summed E-state index contributed by atoms with van der Waals surface area (Å²) in [6.45, 7) is 1.84. The fraction of sp³-hybridized carbons (Fsp3) is 0.200. The van der Waals surface area contributed by atoms with Crippen LogP contribution in [-0.2, 0) is 16.4 Å². The number of anilines is 2. The predicted molar refractivity (Wildman–Crippen MR) is 80.1 cm³/mol. The summed E-state index contributed by atoms with van der Waals surface area (Å²) in [5, 5.41) is 0. The summed E-state index contributed by atoms with van der Waals surface area (Å²) < 4.78 is 39.9. The molecule has 0 bridgehead atoms. The molecule has 0 aliphatic carbocycles. The quantitative estimate of drug-likeness (QED) is 0.867. The monoisotopic (exact) mass is 306 g/mol. The fourth-order valence-corrected chi connectivity index (χ4v) is 4.37. The van der Waals surface area contributed by atoms with Crippen molar-refractivity contribution in [3.05, 3.63) is 53.8 Å². The lowest BCUT2D eigenvalue weighted by molar-refractivity contribution is 0.583. The second kappa shape index (κ2) is 4.73. The first-order valence-electron chi connectivity index (χ1n) is 6.58. The molecule has 0 fully saturated rings. The highest BCUT2D eigenvalue weighted by Gasteiger charge is 2.36. The Hall–Kier alpha value is -2.08. The third-order valence-electron chi connectivity index (χ3n) is 3.63. The minimum absolute atomic E-state index is 0.0750. The van der Waals surface area contributed by atoms with Gasteiger partial charge in [-0.05, 0) is 55.3 Å². The van der Waals surface area contributed by atoms with Crippen molar-refractivity contribution in [1.29, 1.82) is 0 Å². The molecule has 0 amide bonds. The van der Waals surface area contributed by atoms with Gasteiger partial charge in [0.2, 0.25) is 0 Å². The zero-order valence-electron chi connectivity index (χ0n) is 11.5. The molecule has 0 radical (unpaired) electrons. The zero-order valence-corrected chi connectivity index (χ0v) is 12.3. The molecule has 4 nitrogen and oxygen atoms in total. The molecule has 0 saturated heterocycles. The van der Waals surface area contributed by atoms with Crippen molar-refractivity contribution in [2.24, 2.45) is 0 Å². The maximum Gasteiger partial charge on any atom is 0.264 e. The topological polar surface area (TPSA) is 63.4 Å². The average molecular weight is 306 g/mol. The summed E-state index contributed by atoms with van der Waals surface area (Å²) in [6, 6.07) is 9.93. The molecule has 1 aliphatic rings. The average Bonchev–Trinajstić information content (AvgIpc) is 2.75. The minimum atomic E-state index is -3.72. The Balaban J connectivity index is 2.12. The van der Waals surface area contributed by atoms with E-state index in [1.807, 2.05) is 13.0 Å². The number of nitrogens with two attached hydrogens (primary N) is 1. The van der Waals surface area contributed by atoms with Crippen molar-refractivity contribution in [1.82, 2.24) is 0 Å². The molecular formula is C15H15FN2O2S. The molecule has 2 N–H and O–H groups in total. The van der Waals surface area contributed by atoms with Crippen LogP contribution in [0.2, 0.25) is 0 Å². The number of nitrogen functional groups attached to an aromatic ring is 1. The second-order valence-corrected chi connectivity index (χ2v) is 7.01. The fourth-order valence-electron chi connectivity index (χ4n) is 2.68. The van der Waals surface area contributed by atoms with Crippen LogP contribution in [0.4, 0.5) is 15.8 Å². The largest absolute Gasteiger partial charge is 0.399 e.